The maximum Gasteiger partial charge on any atom is 0.227 e. The van der Waals surface area contributed by atoms with Crippen LogP contribution in [0.4, 0.5) is 5.69 Å². The van der Waals surface area contributed by atoms with Crippen molar-refractivity contribution in [2.24, 2.45) is 5.92 Å². The molecule has 1 N–H and O–H groups in total. The van der Waals surface area contributed by atoms with E-state index in [0.29, 0.717) is 18.1 Å². The van der Waals surface area contributed by atoms with Crippen molar-refractivity contribution in [2.75, 3.05) is 25.1 Å². The molecule has 142 valence electrons. The lowest BCUT2D eigenvalue weighted by Crippen LogP contribution is -2.34. The van der Waals surface area contributed by atoms with Crippen LogP contribution in [0.3, 0.4) is 0 Å². The van der Waals surface area contributed by atoms with Crippen LogP contribution in [0.5, 0.6) is 5.75 Å². The molecule has 5 nitrogen and oxygen atoms in total. The molecule has 0 bridgehead atoms. The minimum atomic E-state index is -0.330. The molecule has 6 heteroatoms. The van der Waals surface area contributed by atoms with Gasteiger partial charge < -0.3 is 15.0 Å². The third-order valence-corrected chi connectivity index (χ3v) is 5.05. The Bertz CT molecular complexity index is 836. The Morgan fingerprint density at radius 3 is 2.67 bits per heavy atom. The number of hydrogen-bond donors (Lipinski definition) is 1. The van der Waals surface area contributed by atoms with E-state index >= 15 is 0 Å². The molecule has 0 saturated carbocycles. The second-order valence-electron chi connectivity index (χ2n) is 6.73. The van der Waals surface area contributed by atoms with Gasteiger partial charge in [0.05, 0.1) is 13.0 Å². The molecular formula is C21H23ClN2O3. The van der Waals surface area contributed by atoms with E-state index in [4.69, 9.17) is 16.3 Å². The molecule has 1 saturated heterocycles. The monoisotopic (exact) mass is 386 g/mol. The second-order valence-corrected chi connectivity index (χ2v) is 7.16. The van der Waals surface area contributed by atoms with E-state index in [2.05, 4.69) is 5.32 Å². The van der Waals surface area contributed by atoms with Crippen molar-refractivity contribution in [2.45, 2.75) is 19.8 Å². The van der Waals surface area contributed by atoms with Gasteiger partial charge in [-0.25, -0.2) is 0 Å². The molecule has 2 amide bonds. The summed E-state index contributed by atoms with van der Waals surface area (Å²) in [7, 11) is 1.63. The number of benzene rings is 2. The third-order valence-electron chi connectivity index (χ3n) is 4.82. The van der Waals surface area contributed by atoms with Crippen LogP contribution in [-0.4, -0.2) is 32.0 Å². The van der Waals surface area contributed by atoms with Crippen LogP contribution in [0.15, 0.2) is 42.5 Å². The van der Waals surface area contributed by atoms with Crippen LogP contribution < -0.4 is 15.0 Å². The maximum atomic E-state index is 12.5. The highest BCUT2D eigenvalue weighted by Gasteiger charge is 2.35. The fourth-order valence-electron chi connectivity index (χ4n) is 3.30. The Kier molecular flexibility index (Phi) is 6.01. The summed E-state index contributed by atoms with van der Waals surface area (Å²) in [4.78, 5) is 26.5. The van der Waals surface area contributed by atoms with E-state index in [1.54, 1.807) is 18.1 Å². The first kappa shape index (κ1) is 19.2. The quantitative estimate of drug-likeness (QED) is 0.828. The number of aryl methyl sites for hydroxylation is 1. The minimum absolute atomic E-state index is 0.0317. The molecule has 1 fully saturated rings. The molecule has 3 rings (SSSR count). The van der Waals surface area contributed by atoms with Gasteiger partial charge in [0.25, 0.3) is 0 Å². The number of carbonyl (C=O) groups excluding carboxylic acids is 2. The standard InChI is InChI=1S/C21H23ClN2O3/c1-14-11-17(22)5-8-19(14)24-13-16(12-20(24)25)21(26)23-10-9-15-3-6-18(27-2)7-4-15/h3-8,11,16H,9-10,12-13H2,1-2H3,(H,23,26). The van der Waals surface area contributed by atoms with E-state index in [-0.39, 0.29) is 24.2 Å². The van der Waals surface area contributed by atoms with Crippen LogP contribution in [0.25, 0.3) is 0 Å². The van der Waals surface area contributed by atoms with E-state index in [0.717, 1.165) is 29.0 Å². The Balaban J connectivity index is 1.54. The lowest BCUT2D eigenvalue weighted by molar-refractivity contribution is -0.126. The number of halogens is 1. The molecule has 2 aromatic rings. The molecule has 0 aliphatic carbocycles. The van der Waals surface area contributed by atoms with Gasteiger partial charge in [-0.05, 0) is 54.8 Å². The molecule has 1 aliphatic heterocycles. The predicted molar refractivity (Wildman–Crippen MR) is 106 cm³/mol. The number of ether oxygens (including phenoxy) is 1. The van der Waals surface area contributed by atoms with Crippen molar-refractivity contribution >= 4 is 29.1 Å². The fourth-order valence-corrected chi connectivity index (χ4v) is 3.53. The average Bonchev–Trinajstić information content (AvgIpc) is 3.04. The molecule has 0 spiro atoms. The van der Waals surface area contributed by atoms with Gasteiger partial charge in [-0.2, -0.15) is 0 Å². The van der Waals surface area contributed by atoms with Crippen LogP contribution >= 0.6 is 11.6 Å². The SMILES string of the molecule is COc1ccc(CCNC(=O)C2CC(=O)N(c3ccc(Cl)cc3C)C2)cc1. The third kappa shape index (κ3) is 4.61. The van der Waals surface area contributed by atoms with Gasteiger partial charge in [0, 0.05) is 30.2 Å². The summed E-state index contributed by atoms with van der Waals surface area (Å²) in [6, 6.07) is 13.2. The minimum Gasteiger partial charge on any atom is -0.497 e. The molecule has 1 atom stereocenters. The van der Waals surface area contributed by atoms with E-state index in [1.165, 1.54) is 0 Å². The van der Waals surface area contributed by atoms with Crippen LogP contribution in [-0.2, 0) is 16.0 Å². The summed E-state index contributed by atoms with van der Waals surface area (Å²) in [5.74, 6) is 0.370. The van der Waals surface area contributed by atoms with Crippen LogP contribution in [0, 0.1) is 12.8 Å². The zero-order chi connectivity index (χ0) is 19.4. The van der Waals surface area contributed by atoms with Gasteiger partial charge in [-0.1, -0.05) is 23.7 Å². The Morgan fingerprint density at radius 2 is 2.00 bits per heavy atom. The van der Waals surface area contributed by atoms with Crippen molar-refractivity contribution in [3.63, 3.8) is 0 Å². The van der Waals surface area contributed by atoms with Crippen molar-refractivity contribution in [3.8, 4) is 5.75 Å². The van der Waals surface area contributed by atoms with Crippen molar-refractivity contribution in [3.05, 3.63) is 58.6 Å². The highest BCUT2D eigenvalue weighted by Crippen LogP contribution is 2.29. The van der Waals surface area contributed by atoms with Gasteiger partial charge in [-0.3, -0.25) is 9.59 Å². The average molecular weight is 387 g/mol. The number of nitrogens with zero attached hydrogens (tertiary/aromatic N) is 1. The second kappa shape index (κ2) is 8.44. The van der Waals surface area contributed by atoms with E-state index in [1.807, 2.05) is 43.3 Å². The van der Waals surface area contributed by atoms with Crippen LogP contribution in [0.2, 0.25) is 5.02 Å². The fraction of sp³-hybridized carbons (Fsp3) is 0.333. The first-order chi connectivity index (χ1) is 13.0. The maximum absolute atomic E-state index is 12.5. The Labute approximate surface area is 164 Å². The number of rotatable bonds is 6. The van der Waals surface area contributed by atoms with Gasteiger partial charge in [0.2, 0.25) is 11.8 Å². The molecule has 1 unspecified atom stereocenters. The summed E-state index contributed by atoms with van der Waals surface area (Å²) in [6.45, 7) is 2.85. The van der Waals surface area contributed by atoms with Crippen molar-refractivity contribution in [1.29, 1.82) is 0 Å². The Morgan fingerprint density at radius 1 is 1.26 bits per heavy atom. The molecule has 2 aromatic carbocycles. The largest absolute Gasteiger partial charge is 0.497 e. The first-order valence-corrected chi connectivity index (χ1v) is 9.33. The van der Waals surface area contributed by atoms with Gasteiger partial charge in [-0.15, -0.1) is 0 Å². The number of amides is 2. The predicted octanol–water partition coefficient (Wildman–Crippen LogP) is 3.37. The van der Waals surface area contributed by atoms with Crippen LogP contribution in [0.1, 0.15) is 17.5 Å². The molecule has 1 aliphatic rings. The molecule has 0 aromatic heterocycles. The highest BCUT2D eigenvalue weighted by atomic mass is 35.5. The lowest BCUT2D eigenvalue weighted by atomic mass is 10.1. The van der Waals surface area contributed by atoms with Crippen molar-refractivity contribution in [1.82, 2.24) is 5.32 Å². The van der Waals surface area contributed by atoms with E-state index < -0.39 is 0 Å². The summed E-state index contributed by atoms with van der Waals surface area (Å²) in [5, 5.41) is 3.58. The van der Waals surface area contributed by atoms with Crippen molar-refractivity contribution < 1.29 is 14.3 Å². The van der Waals surface area contributed by atoms with Gasteiger partial charge in [0.15, 0.2) is 0 Å². The van der Waals surface area contributed by atoms with Gasteiger partial charge in [0.1, 0.15) is 5.75 Å². The Hall–Kier alpha value is -2.53. The number of carbonyl (C=O) groups is 2. The molecule has 1 heterocycles. The number of nitrogens with one attached hydrogen (secondary N) is 1. The first-order valence-electron chi connectivity index (χ1n) is 8.95. The highest BCUT2D eigenvalue weighted by molar-refractivity contribution is 6.30. The zero-order valence-corrected chi connectivity index (χ0v) is 16.3. The summed E-state index contributed by atoms with van der Waals surface area (Å²) >= 11 is 5.99. The van der Waals surface area contributed by atoms with Gasteiger partial charge >= 0.3 is 0 Å². The molecule has 0 radical (unpaired) electrons. The number of methoxy groups -OCH3 is 1. The lowest BCUT2D eigenvalue weighted by Gasteiger charge is -2.19. The zero-order valence-electron chi connectivity index (χ0n) is 15.5. The number of anilines is 1. The summed E-state index contributed by atoms with van der Waals surface area (Å²) < 4.78 is 5.14. The topological polar surface area (TPSA) is 58.6 Å². The smallest absolute Gasteiger partial charge is 0.227 e. The summed E-state index contributed by atoms with van der Waals surface area (Å²) in [5.41, 5.74) is 2.87. The number of hydrogen-bond acceptors (Lipinski definition) is 3. The summed E-state index contributed by atoms with van der Waals surface area (Å²) in [6.07, 6.45) is 0.965. The molecule has 27 heavy (non-hydrogen) atoms. The normalized spacial score (nSPS) is 16.5. The van der Waals surface area contributed by atoms with E-state index in [9.17, 15) is 9.59 Å². The molecular weight excluding hydrogens is 364 g/mol.